The van der Waals surface area contributed by atoms with Crippen LogP contribution < -0.4 is 5.43 Å². The Labute approximate surface area is 140 Å². The Morgan fingerprint density at radius 3 is 2.71 bits per heavy atom. The predicted molar refractivity (Wildman–Crippen MR) is 87.0 cm³/mol. The summed E-state index contributed by atoms with van der Waals surface area (Å²) >= 11 is 15.2. The molecule has 0 atom stereocenters. The van der Waals surface area contributed by atoms with Crippen molar-refractivity contribution >= 4 is 50.8 Å². The van der Waals surface area contributed by atoms with Gasteiger partial charge in [-0.2, -0.15) is 10.2 Å². The van der Waals surface area contributed by atoms with Crippen molar-refractivity contribution in [2.75, 3.05) is 0 Å². The number of halogens is 3. The van der Waals surface area contributed by atoms with Crippen molar-refractivity contribution in [3.05, 3.63) is 50.2 Å². The first-order valence-corrected chi connectivity index (χ1v) is 7.42. The van der Waals surface area contributed by atoms with Gasteiger partial charge in [-0.1, -0.05) is 29.3 Å². The molecular formula is C13H11BrCl2N4O. The number of benzene rings is 1. The minimum absolute atomic E-state index is 0.369. The summed E-state index contributed by atoms with van der Waals surface area (Å²) in [6.07, 6.45) is 1.54. The largest absolute Gasteiger partial charge is 0.290 e. The lowest BCUT2D eigenvalue weighted by molar-refractivity contribution is 0.0944. The lowest BCUT2D eigenvalue weighted by Gasteiger charge is -2.06. The van der Waals surface area contributed by atoms with Crippen LogP contribution in [0.25, 0.3) is 0 Å². The molecule has 110 valence electrons. The van der Waals surface area contributed by atoms with Gasteiger partial charge in [0.05, 0.1) is 21.4 Å². The fourth-order valence-corrected chi connectivity index (χ4v) is 2.77. The molecule has 0 aliphatic rings. The highest BCUT2D eigenvalue weighted by molar-refractivity contribution is 9.10. The summed E-state index contributed by atoms with van der Waals surface area (Å²) in [7, 11) is 1.67. The van der Waals surface area contributed by atoms with Crippen LogP contribution in [0, 0.1) is 0 Å². The molecule has 0 bridgehead atoms. The number of nitrogens with one attached hydrogen (secondary N) is 1. The van der Waals surface area contributed by atoms with Gasteiger partial charge in [0.1, 0.15) is 5.69 Å². The maximum atomic E-state index is 12.1. The van der Waals surface area contributed by atoms with Crippen LogP contribution in [0.1, 0.15) is 23.0 Å². The van der Waals surface area contributed by atoms with Gasteiger partial charge in [-0.3, -0.25) is 9.48 Å². The van der Waals surface area contributed by atoms with Gasteiger partial charge in [0, 0.05) is 17.6 Å². The summed E-state index contributed by atoms with van der Waals surface area (Å²) in [5.41, 5.74) is 4.13. The maximum Gasteiger partial charge on any atom is 0.290 e. The average molecular weight is 390 g/mol. The molecule has 5 nitrogen and oxygen atoms in total. The summed E-state index contributed by atoms with van der Waals surface area (Å²) in [5.74, 6) is -0.369. The van der Waals surface area contributed by atoms with Gasteiger partial charge in [0.15, 0.2) is 0 Å². The zero-order chi connectivity index (χ0) is 15.6. The first kappa shape index (κ1) is 16.0. The molecule has 0 fully saturated rings. The van der Waals surface area contributed by atoms with Gasteiger partial charge in [0.2, 0.25) is 0 Å². The zero-order valence-corrected chi connectivity index (χ0v) is 14.3. The fourth-order valence-electron chi connectivity index (χ4n) is 1.70. The number of aromatic nitrogens is 2. The van der Waals surface area contributed by atoms with E-state index in [1.807, 2.05) is 0 Å². The van der Waals surface area contributed by atoms with Crippen molar-refractivity contribution in [3.63, 3.8) is 0 Å². The molecule has 1 N–H and O–H groups in total. The maximum absolute atomic E-state index is 12.1. The molecule has 0 saturated heterocycles. The van der Waals surface area contributed by atoms with Crippen LogP contribution >= 0.6 is 39.1 Å². The Kier molecular flexibility index (Phi) is 5.03. The fraction of sp³-hybridized carbons (Fsp3) is 0.154. The molecule has 0 radical (unpaired) electrons. The second kappa shape index (κ2) is 6.60. The molecule has 1 aromatic heterocycles. The summed E-state index contributed by atoms with van der Waals surface area (Å²) in [6, 6.07) is 5.08. The molecule has 0 aliphatic heterocycles. The molecule has 2 rings (SSSR count). The van der Waals surface area contributed by atoms with Crippen LogP contribution in [0.4, 0.5) is 0 Å². The molecule has 0 aliphatic carbocycles. The van der Waals surface area contributed by atoms with E-state index in [2.05, 4.69) is 31.6 Å². The highest BCUT2D eigenvalue weighted by Crippen LogP contribution is 2.21. The van der Waals surface area contributed by atoms with Gasteiger partial charge in [0.25, 0.3) is 5.91 Å². The zero-order valence-electron chi connectivity index (χ0n) is 11.2. The summed E-state index contributed by atoms with van der Waals surface area (Å²) in [4.78, 5) is 12.1. The Hall–Kier alpha value is -1.37. The van der Waals surface area contributed by atoms with Crippen LogP contribution in [0.3, 0.4) is 0 Å². The molecule has 0 spiro atoms. The molecule has 1 heterocycles. The number of hydrogen-bond donors (Lipinski definition) is 1. The molecular weight excluding hydrogens is 379 g/mol. The number of hydrazone groups is 1. The van der Waals surface area contributed by atoms with Gasteiger partial charge < -0.3 is 0 Å². The first-order chi connectivity index (χ1) is 9.90. The van der Waals surface area contributed by atoms with Crippen molar-refractivity contribution in [2.24, 2.45) is 12.1 Å². The summed E-state index contributed by atoms with van der Waals surface area (Å²) in [6.45, 7) is 1.74. The second-order valence-electron chi connectivity index (χ2n) is 4.23. The number of amides is 1. The Morgan fingerprint density at radius 1 is 1.43 bits per heavy atom. The number of carbonyl (C=O) groups is 1. The van der Waals surface area contributed by atoms with E-state index in [0.717, 1.165) is 0 Å². The standard InChI is InChI=1S/C13H11BrCl2N4O/c1-7(9-4-3-8(15)5-11(9)16)18-19-13(21)12-10(14)6-17-20(12)2/h3-6H,1-2H3,(H,19,21)/b18-7+. The van der Waals surface area contributed by atoms with Crippen LogP contribution in [0.15, 0.2) is 34.0 Å². The quantitative estimate of drug-likeness (QED) is 0.643. The van der Waals surface area contributed by atoms with Crippen molar-refractivity contribution in [1.29, 1.82) is 0 Å². The Morgan fingerprint density at radius 2 is 2.14 bits per heavy atom. The third kappa shape index (κ3) is 3.64. The minimum atomic E-state index is -0.369. The van der Waals surface area contributed by atoms with E-state index in [4.69, 9.17) is 23.2 Å². The van der Waals surface area contributed by atoms with Gasteiger partial charge in [-0.15, -0.1) is 0 Å². The summed E-state index contributed by atoms with van der Waals surface area (Å²) in [5, 5.41) is 9.03. The lowest BCUT2D eigenvalue weighted by atomic mass is 10.1. The number of carbonyl (C=O) groups excluding carboxylic acids is 1. The molecule has 0 unspecified atom stereocenters. The number of rotatable bonds is 3. The second-order valence-corrected chi connectivity index (χ2v) is 5.93. The minimum Gasteiger partial charge on any atom is -0.266 e. The Bertz CT molecular complexity index is 707. The first-order valence-electron chi connectivity index (χ1n) is 5.87. The van der Waals surface area contributed by atoms with Gasteiger partial charge in [-0.05, 0) is 35.0 Å². The number of nitrogens with zero attached hydrogens (tertiary/aromatic N) is 3. The van der Waals surface area contributed by atoms with Crippen LogP contribution in [0.5, 0.6) is 0 Å². The normalized spacial score (nSPS) is 11.6. The number of aryl methyl sites for hydroxylation is 1. The van der Waals surface area contributed by atoms with Gasteiger partial charge >= 0.3 is 0 Å². The lowest BCUT2D eigenvalue weighted by Crippen LogP contribution is -2.22. The molecule has 21 heavy (non-hydrogen) atoms. The van der Waals surface area contributed by atoms with E-state index in [1.165, 1.54) is 4.68 Å². The SMILES string of the molecule is C/C(=N\NC(=O)c1c(Br)cnn1C)c1ccc(Cl)cc1Cl. The van der Waals surface area contributed by atoms with E-state index < -0.39 is 0 Å². The molecule has 1 aromatic carbocycles. The van der Waals surface area contributed by atoms with E-state index in [-0.39, 0.29) is 5.91 Å². The van der Waals surface area contributed by atoms with Gasteiger partial charge in [-0.25, -0.2) is 5.43 Å². The molecule has 2 aromatic rings. The van der Waals surface area contributed by atoms with E-state index >= 15 is 0 Å². The van der Waals surface area contributed by atoms with E-state index in [1.54, 1.807) is 38.4 Å². The smallest absolute Gasteiger partial charge is 0.266 e. The third-order valence-electron chi connectivity index (χ3n) is 2.76. The van der Waals surface area contributed by atoms with Crippen LogP contribution in [-0.2, 0) is 7.05 Å². The molecule has 8 heteroatoms. The third-order valence-corrected chi connectivity index (χ3v) is 3.88. The van der Waals surface area contributed by atoms with Crippen molar-refractivity contribution < 1.29 is 4.79 Å². The topological polar surface area (TPSA) is 59.3 Å². The molecule has 1 amide bonds. The highest BCUT2D eigenvalue weighted by atomic mass is 79.9. The van der Waals surface area contributed by atoms with E-state index in [0.29, 0.717) is 31.5 Å². The highest BCUT2D eigenvalue weighted by Gasteiger charge is 2.15. The van der Waals surface area contributed by atoms with Crippen LogP contribution in [-0.4, -0.2) is 21.4 Å². The van der Waals surface area contributed by atoms with E-state index in [9.17, 15) is 4.79 Å². The Balaban J connectivity index is 2.19. The predicted octanol–water partition coefficient (Wildman–Crippen LogP) is 3.64. The van der Waals surface area contributed by atoms with Crippen molar-refractivity contribution in [3.8, 4) is 0 Å². The average Bonchev–Trinajstić information content (AvgIpc) is 2.75. The summed E-state index contributed by atoms with van der Waals surface area (Å²) < 4.78 is 2.05. The van der Waals surface area contributed by atoms with Crippen molar-refractivity contribution in [2.45, 2.75) is 6.92 Å². The van der Waals surface area contributed by atoms with Crippen molar-refractivity contribution in [1.82, 2.24) is 15.2 Å². The number of hydrogen-bond acceptors (Lipinski definition) is 3. The monoisotopic (exact) mass is 388 g/mol. The van der Waals surface area contributed by atoms with Crippen LogP contribution in [0.2, 0.25) is 10.0 Å². The molecule has 0 saturated carbocycles.